The molecule has 0 fully saturated rings. The fraction of sp³-hybridized carbons (Fsp3) is 0.105. The second-order valence-corrected chi connectivity index (χ2v) is 5.41. The van der Waals surface area contributed by atoms with Gasteiger partial charge in [0.25, 0.3) is 5.91 Å². The molecule has 0 radical (unpaired) electrons. The summed E-state index contributed by atoms with van der Waals surface area (Å²) in [6, 6.07) is 13.5. The maximum absolute atomic E-state index is 12.6. The van der Waals surface area contributed by atoms with Crippen LogP contribution in [0.15, 0.2) is 67.3 Å². The van der Waals surface area contributed by atoms with Crippen molar-refractivity contribution >= 4 is 5.91 Å². The molecule has 1 amide bonds. The average molecular weight is 303 g/mol. The molecule has 0 bridgehead atoms. The van der Waals surface area contributed by atoms with E-state index in [0.717, 1.165) is 22.3 Å². The van der Waals surface area contributed by atoms with Gasteiger partial charge in [-0.25, -0.2) is 0 Å². The minimum Gasteiger partial charge on any atom is -0.345 e. The molecule has 0 saturated heterocycles. The minimum atomic E-state index is -0.0328. The molecule has 4 nitrogen and oxygen atoms in total. The number of nitrogens with zero attached hydrogens (tertiary/aromatic N) is 3. The van der Waals surface area contributed by atoms with Crippen molar-refractivity contribution in [2.45, 2.75) is 0 Å². The first-order valence-corrected chi connectivity index (χ1v) is 7.34. The van der Waals surface area contributed by atoms with Crippen molar-refractivity contribution in [3.63, 3.8) is 0 Å². The normalized spacial score (nSPS) is 10.3. The van der Waals surface area contributed by atoms with E-state index in [-0.39, 0.29) is 5.91 Å². The molecule has 0 spiro atoms. The Morgan fingerprint density at radius 1 is 0.870 bits per heavy atom. The van der Waals surface area contributed by atoms with Crippen LogP contribution in [0.25, 0.3) is 22.3 Å². The Morgan fingerprint density at radius 2 is 1.52 bits per heavy atom. The first kappa shape index (κ1) is 14.9. The molecule has 2 heterocycles. The zero-order chi connectivity index (χ0) is 16.2. The summed E-state index contributed by atoms with van der Waals surface area (Å²) in [5.41, 5.74) is 4.40. The number of pyridine rings is 2. The van der Waals surface area contributed by atoms with Gasteiger partial charge in [-0.05, 0) is 23.8 Å². The molecule has 0 atom stereocenters. The van der Waals surface area contributed by atoms with Gasteiger partial charge in [0.1, 0.15) is 0 Å². The largest absolute Gasteiger partial charge is 0.345 e. The Bertz CT molecular complexity index is 815. The van der Waals surface area contributed by atoms with E-state index in [4.69, 9.17) is 0 Å². The molecule has 114 valence electrons. The van der Waals surface area contributed by atoms with E-state index in [2.05, 4.69) is 9.97 Å². The third kappa shape index (κ3) is 2.97. The quantitative estimate of drug-likeness (QED) is 0.744. The second kappa shape index (κ2) is 6.40. The van der Waals surface area contributed by atoms with Crippen LogP contribution >= 0.6 is 0 Å². The fourth-order valence-electron chi connectivity index (χ4n) is 2.56. The van der Waals surface area contributed by atoms with Gasteiger partial charge in [-0.1, -0.05) is 24.3 Å². The Morgan fingerprint density at radius 3 is 2.09 bits per heavy atom. The molecule has 23 heavy (non-hydrogen) atoms. The van der Waals surface area contributed by atoms with Crippen molar-refractivity contribution in [1.82, 2.24) is 14.9 Å². The summed E-state index contributed by atoms with van der Waals surface area (Å²) in [7, 11) is 3.51. The van der Waals surface area contributed by atoms with Gasteiger partial charge >= 0.3 is 0 Å². The van der Waals surface area contributed by atoms with Crippen LogP contribution in [0.4, 0.5) is 0 Å². The SMILES string of the molecule is CN(C)C(=O)c1cccc(-c2cccnc2)c1-c1cccnc1. The highest BCUT2D eigenvalue weighted by atomic mass is 16.2. The molecule has 3 aromatic rings. The lowest BCUT2D eigenvalue weighted by Crippen LogP contribution is -2.22. The Balaban J connectivity index is 2.29. The summed E-state index contributed by atoms with van der Waals surface area (Å²) in [6.45, 7) is 0. The van der Waals surface area contributed by atoms with Crippen LogP contribution in [0.1, 0.15) is 10.4 Å². The van der Waals surface area contributed by atoms with E-state index < -0.39 is 0 Å². The molecule has 0 aliphatic rings. The van der Waals surface area contributed by atoms with Crippen LogP contribution in [0, 0.1) is 0 Å². The number of carbonyl (C=O) groups is 1. The molecular formula is C19H17N3O. The Hall–Kier alpha value is -3.01. The highest BCUT2D eigenvalue weighted by molar-refractivity contribution is 6.04. The van der Waals surface area contributed by atoms with Crippen LogP contribution in [-0.2, 0) is 0 Å². The second-order valence-electron chi connectivity index (χ2n) is 5.41. The van der Waals surface area contributed by atoms with E-state index in [9.17, 15) is 4.79 Å². The predicted octanol–water partition coefficient (Wildman–Crippen LogP) is 3.51. The molecule has 0 unspecified atom stereocenters. The molecule has 4 heteroatoms. The van der Waals surface area contributed by atoms with Gasteiger partial charge < -0.3 is 4.90 Å². The number of amides is 1. The zero-order valence-electron chi connectivity index (χ0n) is 13.1. The molecule has 0 N–H and O–H groups in total. The first-order valence-electron chi connectivity index (χ1n) is 7.34. The molecular weight excluding hydrogens is 286 g/mol. The third-order valence-electron chi connectivity index (χ3n) is 3.62. The third-order valence-corrected chi connectivity index (χ3v) is 3.62. The van der Waals surface area contributed by atoms with Gasteiger partial charge in [-0.15, -0.1) is 0 Å². The first-order chi connectivity index (χ1) is 11.2. The number of aromatic nitrogens is 2. The summed E-state index contributed by atoms with van der Waals surface area (Å²) < 4.78 is 0. The standard InChI is InChI=1S/C19H17N3O/c1-22(2)19(23)17-9-3-8-16(14-6-4-10-20-12-14)18(17)15-7-5-11-21-13-15/h3-13H,1-2H3. The number of hydrogen-bond acceptors (Lipinski definition) is 3. The van der Waals surface area contributed by atoms with Crippen molar-refractivity contribution in [2.24, 2.45) is 0 Å². The van der Waals surface area contributed by atoms with Crippen LogP contribution in [-0.4, -0.2) is 34.9 Å². The van der Waals surface area contributed by atoms with Gasteiger partial charge in [0, 0.05) is 61.1 Å². The maximum Gasteiger partial charge on any atom is 0.253 e. The van der Waals surface area contributed by atoms with Gasteiger partial charge in [0.05, 0.1) is 0 Å². The zero-order valence-corrected chi connectivity index (χ0v) is 13.1. The van der Waals surface area contributed by atoms with Gasteiger partial charge in [0.15, 0.2) is 0 Å². The van der Waals surface area contributed by atoms with Gasteiger partial charge in [-0.2, -0.15) is 0 Å². The summed E-state index contributed by atoms with van der Waals surface area (Å²) in [4.78, 5) is 22.6. The lowest BCUT2D eigenvalue weighted by atomic mass is 9.91. The number of rotatable bonds is 3. The van der Waals surface area contributed by atoms with Crippen LogP contribution in [0.3, 0.4) is 0 Å². The number of benzene rings is 1. The molecule has 0 saturated carbocycles. The molecule has 0 aliphatic carbocycles. The molecule has 0 aliphatic heterocycles. The fourth-order valence-corrected chi connectivity index (χ4v) is 2.56. The molecule has 1 aromatic carbocycles. The van der Waals surface area contributed by atoms with Crippen LogP contribution in [0.2, 0.25) is 0 Å². The van der Waals surface area contributed by atoms with E-state index in [0.29, 0.717) is 5.56 Å². The maximum atomic E-state index is 12.6. The van der Waals surface area contributed by atoms with Crippen molar-refractivity contribution in [3.8, 4) is 22.3 Å². The Kier molecular flexibility index (Phi) is 4.15. The lowest BCUT2D eigenvalue weighted by molar-refractivity contribution is 0.0828. The van der Waals surface area contributed by atoms with E-state index in [1.54, 1.807) is 43.8 Å². The number of hydrogen-bond donors (Lipinski definition) is 0. The average Bonchev–Trinajstić information content (AvgIpc) is 2.62. The van der Waals surface area contributed by atoms with Gasteiger partial charge in [-0.3, -0.25) is 14.8 Å². The van der Waals surface area contributed by atoms with E-state index >= 15 is 0 Å². The highest BCUT2D eigenvalue weighted by Gasteiger charge is 2.18. The molecule has 3 rings (SSSR count). The van der Waals surface area contributed by atoms with Gasteiger partial charge in [0.2, 0.25) is 0 Å². The lowest BCUT2D eigenvalue weighted by Gasteiger charge is -2.17. The van der Waals surface area contributed by atoms with Crippen LogP contribution in [0.5, 0.6) is 0 Å². The summed E-state index contributed by atoms with van der Waals surface area (Å²) in [6.07, 6.45) is 7.05. The monoisotopic (exact) mass is 303 g/mol. The smallest absolute Gasteiger partial charge is 0.253 e. The van der Waals surface area contributed by atoms with E-state index in [1.165, 1.54) is 0 Å². The van der Waals surface area contributed by atoms with Crippen molar-refractivity contribution in [1.29, 1.82) is 0 Å². The highest BCUT2D eigenvalue weighted by Crippen LogP contribution is 2.34. The topological polar surface area (TPSA) is 46.1 Å². The minimum absolute atomic E-state index is 0.0328. The number of carbonyl (C=O) groups excluding carboxylic acids is 1. The Labute approximate surface area is 135 Å². The summed E-state index contributed by atoms with van der Waals surface area (Å²) in [5, 5.41) is 0. The summed E-state index contributed by atoms with van der Waals surface area (Å²) in [5.74, 6) is -0.0328. The predicted molar refractivity (Wildman–Crippen MR) is 90.9 cm³/mol. The van der Waals surface area contributed by atoms with Crippen molar-refractivity contribution in [3.05, 3.63) is 72.8 Å². The van der Waals surface area contributed by atoms with Crippen molar-refractivity contribution < 1.29 is 4.79 Å². The van der Waals surface area contributed by atoms with Crippen molar-refractivity contribution in [2.75, 3.05) is 14.1 Å². The summed E-state index contributed by atoms with van der Waals surface area (Å²) >= 11 is 0. The van der Waals surface area contributed by atoms with Crippen LogP contribution < -0.4 is 0 Å². The molecule has 2 aromatic heterocycles. The van der Waals surface area contributed by atoms with E-state index in [1.807, 2.05) is 42.5 Å².